The van der Waals surface area contributed by atoms with E-state index in [1.54, 1.807) is 24.5 Å². The summed E-state index contributed by atoms with van der Waals surface area (Å²) < 4.78 is 0. The maximum atomic E-state index is 10.7. The molecule has 1 rings (SSSR count). The van der Waals surface area contributed by atoms with Crippen molar-refractivity contribution in [1.82, 2.24) is 5.01 Å². The molecule has 0 atom stereocenters. The van der Waals surface area contributed by atoms with Crippen molar-refractivity contribution in [1.29, 1.82) is 0 Å². The first-order valence-corrected chi connectivity index (χ1v) is 4.69. The van der Waals surface area contributed by atoms with Crippen LogP contribution in [0.1, 0.15) is 12.5 Å². The molecule has 3 heteroatoms. The summed E-state index contributed by atoms with van der Waals surface area (Å²) in [6.07, 6.45) is 4.84. The normalized spacial score (nSPS) is 11.1. The van der Waals surface area contributed by atoms with Crippen molar-refractivity contribution >= 4 is 12.0 Å². The predicted molar refractivity (Wildman–Crippen MR) is 61.6 cm³/mol. The Bertz CT molecular complexity index is 368. The van der Waals surface area contributed by atoms with E-state index in [0.29, 0.717) is 0 Å². The molecular formula is C12H14N2O. The molecule has 0 aromatic heterocycles. The molecule has 0 amide bonds. The van der Waals surface area contributed by atoms with Gasteiger partial charge in [0, 0.05) is 13.2 Å². The number of hydrazone groups is 1. The molecule has 0 N–H and O–H groups in total. The van der Waals surface area contributed by atoms with Gasteiger partial charge in [-0.3, -0.25) is 9.80 Å². The van der Waals surface area contributed by atoms with Gasteiger partial charge in [-0.25, -0.2) is 0 Å². The van der Waals surface area contributed by atoms with Crippen LogP contribution in [0.5, 0.6) is 0 Å². The Balaban J connectivity index is 2.55. The Morgan fingerprint density at radius 3 is 2.60 bits per heavy atom. The highest BCUT2D eigenvalue weighted by atomic mass is 16.1. The molecule has 1 aromatic rings. The standard InChI is InChI=1S/C12H14N2O/c1-11(15)8-9-14(2)13-10-12-6-4-3-5-7-12/h3-10H,1-2H3/b9-8+,13-10+. The number of hydrogen-bond donors (Lipinski definition) is 0. The summed E-state index contributed by atoms with van der Waals surface area (Å²) in [7, 11) is 1.78. The quantitative estimate of drug-likeness (QED) is 0.425. The molecule has 0 unspecified atom stereocenters. The molecule has 0 fully saturated rings. The van der Waals surface area contributed by atoms with E-state index < -0.39 is 0 Å². The van der Waals surface area contributed by atoms with Gasteiger partial charge in [0.25, 0.3) is 0 Å². The van der Waals surface area contributed by atoms with E-state index in [0.717, 1.165) is 5.56 Å². The summed E-state index contributed by atoms with van der Waals surface area (Å²) in [4.78, 5) is 10.7. The Kier molecular flexibility index (Phi) is 4.29. The van der Waals surface area contributed by atoms with Crippen molar-refractivity contribution in [3.8, 4) is 0 Å². The van der Waals surface area contributed by atoms with Gasteiger partial charge in [0.1, 0.15) is 0 Å². The summed E-state index contributed by atoms with van der Waals surface area (Å²) in [5.74, 6) is 0.0109. The van der Waals surface area contributed by atoms with Crippen LogP contribution in [0.4, 0.5) is 0 Å². The van der Waals surface area contributed by atoms with Gasteiger partial charge in [0.15, 0.2) is 5.78 Å². The average molecular weight is 202 g/mol. The Morgan fingerprint density at radius 2 is 2.00 bits per heavy atom. The third kappa shape index (κ3) is 4.76. The summed E-state index contributed by atoms with van der Waals surface area (Å²) in [6.45, 7) is 1.51. The molecule has 0 saturated heterocycles. The van der Waals surface area contributed by atoms with Gasteiger partial charge in [-0.2, -0.15) is 5.10 Å². The van der Waals surface area contributed by atoms with Gasteiger partial charge in [-0.05, 0) is 18.6 Å². The van der Waals surface area contributed by atoms with E-state index in [1.807, 2.05) is 30.3 Å². The first kappa shape index (κ1) is 11.2. The van der Waals surface area contributed by atoms with Crippen LogP contribution in [0.3, 0.4) is 0 Å². The molecule has 0 aliphatic heterocycles. The topological polar surface area (TPSA) is 32.7 Å². The first-order valence-electron chi connectivity index (χ1n) is 4.69. The highest BCUT2D eigenvalue weighted by molar-refractivity contribution is 5.87. The lowest BCUT2D eigenvalue weighted by atomic mass is 10.2. The lowest BCUT2D eigenvalue weighted by Crippen LogP contribution is -2.02. The smallest absolute Gasteiger partial charge is 0.154 e. The third-order valence-electron chi connectivity index (χ3n) is 1.71. The summed E-state index contributed by atoms with van der Waals surface area (Å²) >= 11 is 0. The largest absolute Gasteiger partial charge is 0.295 e. The number of benzene rings is 1. The predicted octanol–water partition coefficient (Wildman–Crippen LogP) is 2.05. The number of rotatable bonds is 4. The van der Waals surface area contributed by atoms with Crippen LogP contribution in [0.15, 0.2) is 47.7 Å². The fraction of sp³-hybridized carbons (Fsp3) is 0.167. The molecule has 0 saturated carbocycles. The van der Waals surface area contributed by atoms with Gasteiger partial charge < -0.3 is 0 Å². The van der Waals surface area contributed by atoms with Crippen LogP contribution in [0.25, 0.3) is 0 Å². The maximum Gasteiger partial charge on any atom is 0.154 e. The first-order chi connectivity index (χ1) is 7.18. The van der Waals surface area contributed by atoms with Gasteiger partial charge in [-0.15, -0.1) is 0 Å². The lowest BCUT2D eigenvalue weighted by molar-refractivity contribution is -0.112. The minimum absolute atomic E-state index is 0.0109. The molecule has 1 aromatic carbocycles. The molecule has 15 heavy (non-hydrogen) atoms. The van der Waals surface area contributed by atoms with Crippen LogP contribution in [-0.4, -0.2) is 24.1 Å². The number of hydrogen-bond acceptors (Lipinski definition) is 3. The molecular weight excluding hydrogens is 188 g/mol. The van der Waals surface area contributed by atoms with Crippen molar-refractivity contribution in [2.45, 2.75) is 6.92 Å². The van der Waals surface area contributed by atoms with Crippen molar-refractivity contribution in [2.75, 3.05) is 7.05 Å². The van der Waals surface area contributed by atoms with E-state index in [2.05, 4.69) is 5.10 Å². The zero-order valence-electron chi connectivity index (χ0n) is 8.92. The van der Waals surface area contributed by atoms with Crippen LogP contribution < -0.4 is 0 Å². The molecule has 0 radical (unpaired) electrons. The number of nitrogens with zero attached hydrogens (tertiary/aromatic N) is 2. The Labute approximate surface area is 89.7 Å². The number of carbonyl (C=O) groups excluding carboxylic acids is 1. The van der Waals surface area contributed by atoms with Gasteiger partial charge in [0.05, 0.1) is 6.21 Å². The molecule has 0 spiro atoms. The number of allylic oxidation sites excluding steroid dienone is 1. The molecule has 78 valence electrons. The minimum Gasteiger partial charge on any atom is -0.295 e. The van der Waals surface area contributed by atoms with E-state index in [9.17, 15) is 4.79 Å². The molecule has 3 nitrogen and oxygen atoms in total. The monoisotopic (exact) mass is 202 g/mol. The van der Waals surface area contributed by atoms with Gasteiger partial charge >= 0.3 is 0 Å². The molecule has 0 bridgehead atoms. The summed E-state index contributed by atoms with van der Waals surface area (Å²) in [5, 5.41) is 5.73. The van der Waals surface area contributed by atoms with Crippen LogP contribution in [0.2, 0.25) is 0 Å². The van der Waals surface area contributed by atoms with E-state index in [-0.39, 0.29) is 5.78 Å². The SMILES string of the molecule is CC(=O)/C=C/N(C)/N=C/c1ccccc1. The summed E-state index contributed by atoms with van der Waals surface area (Å²) in [6, 6.07) is 9.79. The second kappa shape index (κ2) is 5.75. The Hall–Kier alpha value is -1.90. The van der Waals surface area contributed by atoms with Crippen molar-refractivity contribution in [3.63, 3.8) is 0 Å². The lowest BCUT2D eigenvalue weighted by Gasteiger charge is -2.04. The Morgan fingerprint density at radius 1 is 1.33 bits per heavy atom. The molecule has 0 aliphatic rings. The number of ketones is 1. The fourth-order valence-corrected chi connectivity index (χ4v) is 0.948. The second-order valence-corrected chi connectivity index (χ2v) is 3.16. The highest BCUT2D eigenvalue weighted by Crippen LogP contribution is 1.95. The zero-order valence-corrected chi connectivity index (χ0v) is 8.92. The van der Waals surface area contributed by atoms with Crippen LogP contribution in [0, 0.1) is 0 Å². The minimum atomic E-state index is 0.0109. The van der Waals surface area contributed by atoms with Crippen molar-refractivity contribution < 1.29 is 4.79 Å². The highest BCUT2D eigenvalue weighted by Gasteiger charge is 1.87. The zero-order chi connectivity index (χ0) is 11.1. The van der Waals surface area contributed by atoms with Crippen molar-refractivity contribution in [2.24, 2.45) is 5.10 Å². The average Bonchev–Trinajstić information content (AvgIpc) is 2.25. The third-order valence-corrected chi connectivity index (χ3v) is 1.71. The van der Waals surface area contributed by atoms with Gasteiger partial charge in [-0.1, -0.05) is 30.3 Å². The molecule has 0 heterocycles. The van der Waals surface area contributed by atoms with E-state index >= 15 is 0 Å². The number of carbonyl (C=O) groups is 1. The van der Waals surface area contributed by atoms with E-state index in [1.165, 1.54) is 13.0 Å². The fourth-order valence-electron chi connectivity index (χ4n) is 0.948. The second-order valence-electron chi connectivity index (χ2n) is 3.16. The van der Waals surface area contributed by atoms with Gasteiger partial charge in [0.2, 0.25) is 0 Å². The maximum absolute atomic E-state index is 10.7. The van der Waals surface area contributed by atoms with Crippen LogP contribution >= 0.6 is 0 Å². The van der Waals surface area contributed by atoms with Crippen molar-refractivity contribution in [3.05, 3.63) is 48.2 Å². The summed E-state index contributed by atoms with van der Waals surface area (Å²) in [5.41, 5.74) is 1.03. The molecule has 0 aliphatic carbocycles. The van der Waals surface area contributed by atoms with E-state index in [4.69, 9.17) is 0 Å². The van der Waals surface area contributed by atoms with Crippen LogP contribution in [-0.2, 0) is 4.79 Å².